The van der Waals surface area contributed by atoms with E-state index in [0.717, 1.165) is 51.4 Å². The van der Waals surface area contributed by atoms with Crippen LogP contribution >= 0.6 is 0 Å². The molecule has 5 nitrogen and oxygen atoms in total. The first-order chi connectivity index (χ1) is 16.5. The Morgan fingerprint density at radius 3 is 1.62 bits per heavy atom. The first-order valence-corrected chi connectivity index (χ1v) is 20.1. The zero-order chi connectivity index (χ0) is 27.8. The Morgan fingerprint density at radius 2 is 1.22 bits per heavy atom. The molecule has 0 heterocycles. The van der Waals surface area contributed by atoms with Crippen molar-refractivity contribution in [2.75, 3.05) is 7.11 Å². The number of carbonyl (C=O) groups is 1. The summed E-state index contributed by atoms with van der Waals surface area (Å²) >= 11 is 0. The molecule has 0 radical (unpaired) electrons. The molecule has 1 aliphatic carbocycles. The molecule has 0 saturated heterocycles. The second-order valence-electron chi connectivity index (χ2n) is 14.0. The molecule has 0 aromatic heterocycles. The predicted octanol–water partition coefficient (Wildman–Crippen LogP) is 8.19. The summed E-state index contributed by atoms with van der Waals surface area (Å²) < 4.78 is 19.0. The Kier molecular flexibility index (Phi) is 15.9. The van der Waals surface area contributed by atoms with Gasteiger partial charge in [0, 0.05) is 27.5 Å². The molecular formula is C29H57O5Si2W-. The van der Waals surface area contributed by atoms with Crippen LogP contribution in [0.2, 0.25) is 36.3 Å². The molecule has 4 atom stereocenters. The molecule has 0 aromatic carbocycles. The minimum absolute atomic E-state index is 0. The van der Waals surface area contributed by atoms with Crippen LogP contribution in [0.1, 0.15) is 106 Å². The summed E-state index contributed by atoms with van der Waals surface area (Å²) in [5.41, 5.74) is 0. The van der Waals surface area contributed by atoms with E-state index in [0.29, 0.717) is 24.7 Å². The maximum absolute atomic E-state index is 11.4. The summed E-state index contributed by atoms with van der Waals surface area (Å²) in [6.07, 6.45) is 11.6. The molecular weight excluding hydrogens is 668 g/mol. The van der Waals surface area contributed by atoms with Crippen LogP contribution in [0.4, 0.5) is 0 Å². The largest absolute Gasteiger partial charge is 0.542 e. The fourth-order valence-electron chi connectivity index (χ4n) is 4.83. The average Bonchev–Trinajstić information content (AvgIpc) is 3.03. The van der Waals surface area contributed by atoms with Crippen LogP contribution in [0.3, 0.4) is 0 Å². The van der Waals surface area contributed by atoms with Crippen molar-refractivity contribution < 1.29 is 44.2 Å². The van der Waals surface area contributed by atoms with Crippen LogP contribution in [0.15, 0.2) is 0 Å². The van der Waals surface area contributed by atoms with Crippen molar-refractivity contribution in [2.24, 2.45) is 11.8 Å². The number of rotatable bonds is 15. The van der Waals surface area contributed by atoms with E-state index in [9.17, 15) is 9.59 Å². The Hall–Kier alpha value is 0.182. The Bertz CT molecular complexity index is 685. The van der Waals surface area contributed by atoms with Gasteiger partial charge in [0.15, 0.2) is 16.6 Å². The number of hydrogen-bond acceptors (Lipinski definition) is 5. The van der Waals surface area contributed by atoms with Crippen LogP contribution < -0.4 is 0 Å². The molecule has 0 spiro atoms. The Balaban J connectivity index is 0.0000130. The molecule has 0 N–H and O–H groups in total. The van der Waals surface area contributed by atoms with Crippen molar-refractivity contribution in [1.29, 1.82) is 0 Å². The zero-order valence-electron chi connectivity index (χ0n) is 25.8. The van der Waals surface area contributed by atoms with E-state index in [-0.39, 0.29) is 49.3 Å². The minimum atomic E-state index is -1.94. The van der Waals surface area contributed by atoms with E-state index in [1.165, 1.54) is 7.11 Å². The molecule has 0 aliphatic heterocycles. The van der Waals surface area contributed by atoms with Gasteiger partial charge in [-0.2, -0.15) is 6.42 Å². The SMILES string of the molecule is COC(=O)CCCCCC[C@H]1[C@@H](O[Si](C)(C)C(C)(C)C)CC(O[Si](C)(C)C(C)(C)C)[C@@H]1CCC[C-]=O.[W]. The van der Waals surface area contributed by atoms with Crippen molar-refractivity contribution in [3.05, 3.63) is 0 Å². The Labute approximate surface area is 245 Å². The molecule has 0 bridgehead atoms. The van der Waals surface area contributed by atoms with E-state index < -0.39 is 16.6 Å². The predicted molar refractivity (Wildman–Crippen MR) is 155 cm³/mol. The van der Waals surface area contributed by atoms with Crippen LogP contribution in [0, 0.1) is 11.8 Å². The van der Waals surface area contributed by atoms with Gasteiger partial charge in [0.25, 0.3) is 0 Å². The van der Waals surface area contributed by atoms with Gasteiger partial charge in [-0.1, -0.05) is 67.2 Å². The van der Waals surface area contributed by atoms with E-state index >= 15 is 0 Å². The summed E-state index contributed by atoms with van der Waals surface area (Å²) in [4.78, 5) is 22.4. The molecule has 0 amide bonds. The van der Waals surface area contributed by atoms with Gasteiger partial charge in [0.2, 0.25) is 0 Å². The third-order valence-corrected chi connectivity index (χ3v) is 18.2. The molecule has 1 fully saturated rings. The molecule has 1 unspecified atom stereocenters. The van der Waals surface area contributed by atoms with Crippen LogP contribution in [-0.4, -0.2) is 48.2 Å². The number of unbranched alkanes of at least 4 members (excludes halogenated alkanes) is 4. The summed E-state index contributed by atoms with van der Waals surface area (Å²) in [5, 5.41) is 0.313. The van der Waals surface area contributed by atoms with E-state index in [1.807, 2.05) is 0 Å². The molecule has 218 valence electrons. The summed E-state index contributed by atoms with van der Waals surface area (Å²) in [7, 11) is -2.43. The maximum atomic E-state index is 11.4. The molecule has 37 heavy (non-hydrogen) atoms. The van der Waals surface area contributed by atoms with Gasteiger partial charge >= 0.3 is 5.97 Å². The molecule has 1 rings (SSSR count). The summed E-state index contributed by atoms with van der Waals surface area (Å²) in [5.74, 6) is 0.741. The van der Waals surface area contributed by atoms with Crippen LogP contribution in [0.25, 0.3) is 0 Å². The molecule has 1 saturated carbocycles. The number of methoxy groups -OCH3 is 1. The van der Waals surface area contributed by atoms with Crippen LogP contribution in [0.5, 0.6) is 0 Å². The van der Waals surface area contributed by atoms with Gasteiger partial charge in [-0.05, 0) is 73.8 Å². The van der Waals surface area contributed by atoms with Gasteiger partial charge in [-0.15, -0.1) is 0 Å². The van der Waals surface area contributed by atoms with Gasteiger partial charge in [0.05, 0.1) is 19.3 Å². The van der Waals surface area contributed by atoms with Crippen molar-refractivity contribution in [2.45, 2.75) is 154 Å². The Morgan fingerprint density at radius 1 is 0.784 bits per heavy atom. The van der Waals surface area contributed by atoms with E-state index in [2.05, 4.69) is 74.0 Å². The molecule has 8 heteroatoms. The average molecular weight is 726 g/mol. The molecule has 0 aromatic rings. The van der Waals surface area contributed by atoms with E-state index in [4.69, 9.17) is 13.6 Å². The van der Waals surface area contributed by atoms with Crippen molar-refractivity contribution in [1.82, 2.24) is 0 Å². The van der Waals surface area contributed by atoms with Gasteiger partial charge in [-0.3, -0.25) is 11.1 Å². The minimum Gasteiger partial charge on any atom is -0.542 e. The fraction of sp³-hybridized carbons (Fsp3) is 0.931. The van der Waals surface area contributed by atoms with Crippen molar-refractivity contribution in [3.63, 3.8) is 0 Å². The van der Waals surface area contributed by atoms with Crippen molar-refractivity contribution >= 4 is 28.9 Å². The number of esters is 1. The maximum Gasteiger partial charge on any atom is 0.305 e. The second-order valence-corrected chi connectivity index (χ2v) is 23.5. The summed E-state index contributed by atoms with van der Waals surface area (Å²) in [6.45, 7) is 23.3. The zero-order valence-corrected chi connectivity index (χ0v) is 30.8. The quantitative estimate of drug-likeness (QED) is 0.0738. The van der Waals surface area contributed by atoms with Gasteiger partial charge in [-0.25, -0.2) is 0 Å². The fourth-order valence-corrected chi connectivity index (χ4v) is 7.59. The standard InChI is InChI=1S/C29H57O5Si2.W/c1-28(2,3)35(8,9)33-25-22-26(34-36(10,11)29(4,5)6)24(19-16-17-21-30)23(25)18-14-12-13-15-20-27(31)32-7;/h23-26H,12-20,22H2,1-11H3;/q-1;/t23-,24-,25+,26?;/m1./s1. The molecule has 1 aliphatic rings. The summed E-state index contributed by atoms with van der Waals surface area (Å²) in [6, 6.07) is 0. The van der Waals surface area contributed by atoms with Gasteiger partial charge < -0.3 is 18.4 Å². The number of hydrogen-bond donors (Lipinski definition) is 0. The van der Waals surface area contributed by atoms with Gasteiger partial charge in [0.1, 0.15) is 0 Å². The van der Waals surface area contributed by atoms with E-state index in [1.54, 1.807) is 0 Å². The normalized spacial score (nSPS) is 23.0. The number of carbonyl (C=O) groups excluding carboxylic acids is 2. The first kappa shape index (κ1) is 37.2. The monoisotopic (exact) mass is 725 g/mol. The smallest absolute Gasteiger partial charge is 0.305 e. The third-order valence-electron chi connectivity index (χ3n) is 9.19. The second kappa shape index (κ2) is 15.8. The topological polar surface area (TPSA) is 61.8 Å². The van der Waals surface area contributed by atoms with Crippen molar-refractivity contribution in [3.8, 4) is 0 Å². The first-order valence-electron chi connectivity index (χ1n) is 14.2. The van der Waals surface area contributed by atoms with Crippen LogP contribution in [-0.2, 0) is 44.2 Å². The number of ether oxygens (including phenoxy) is 1. The third kappa shape index (κ3) is 11.7.